The standard InChI is InChI=1S/C18H12ClFN4O2/c19-15-2-1-3-16(20)14(15)10-26-18(25)11-4-6-13(7-5-11)24-17(22)12(8-21)9-23-24/h1-7,9H,10,22H2. The maximum absolute atomic E-state index is 13.7. The van der Waals surface area contributed by atoms with E-state index in [9.17, 15) is 9.18 Å². The number of anilines is 1. The number of halogens is 2. The van der Waals surface area contributed by atoms with Gasteiger partial charge in [-0.25, -0.2) is 13.9 Å². The molecule has 1 aromatic heterocycles. The molecule has 0 aliphatic heterocycles. The average Bonchev–Trinajstić information content (AvgIpc) is 3.02. The number of esters is 1. The second-order valence-corrected chi connectivity index (χ2v) is 5.70. The second kappa shape index (κ2) is 7.25. The minimum atomic E-state index is -0.623. The maximum Gasteiger partial charge on any atom is 0.338 e. The summed E-state index contributed by atoms with van der Waals surface area (Å²) in [5.74, 6) is -0.956. The monoisotopic (exact) mass is 370 g/mol. The molecule has 0 spiro atoms. The molecule has 3 rings (SSSR count). The van der Waals surface area contributed by atoms with Crippen molar-refractivity contribution in [2.75, 3.05) is 5.73 Å². The second-order valence-electron chi connectivity index (χ2n) is 5.29. The molecule has 0 bridgehead atoms. The molecule has 0 unspecified atom stereocenters. The average molecular weight is 371 g/mol. The highest BCUT2D eigenvalue weighted by Gasteiger charge is 2.13. The number of nitrogens with two attached hydrogens (primary N) is 1. The summed E-state index contributed by atoms with van der Waals surface area (Å²) < 4.78 is 20.2. The third-order valence-corrected chi connectivity index (χ3v) is 4.04. The van der Waals surface area contributed by atoms with Crippen LogP contribution in [0.3, 0.4) is 0 Å². The van der Waals surface area contributed by atoms with Gasteiger partial charge in [-0.15, -0.1) is 0 Å². The molecule has 2 N–H and O–H groups in total. The molecular formula is C18H12ClFN4O2. The van der Waals surface area contributed by atoms with Crippen LogP contribution in [0.1, 0.15) is 21.5 Å². The highest BCUT2D eigenvalue weighted by atomic mass is 35.5. The quantitative estimate of drug-likeness (QED) is 0.709. The fraction of sp³-hybridized carbons (Fsp3) is 0.0556. The van der Waals surface area contributed by atoms with E-state index in [4.69, 9.17) is 27.3 Å². The van der Waals surface area contributed by atoms with Crippen LogP contribution in [0.4, 0.5) is 10.2 Å². The normalized spacial score (nSPS) is 10.3. The van der Waals surface area contributed by atoms with Gasteiger partial charge < -0.3 is 10.5 Å². The molecule has 8 heteroatoms. The van der Waals surface area contributed by atoms with Crippen LogP contribution in [-0.4, -0.2) is 15.7 Å². The first-order valence-electron chi connectivity index (χ1n) is 7.45. The van der Waals surface area contributed by atoms with Crippen LogP contribution in [0.25, 0.3) is 5.69 Å². The van der Waals surface area contributed by atoms with Crippen molar-refractivity contribution in [1.82, 2.24) is 9.78 Å². The zero-order valence-corrected chi connectivity index (χ0v) is 14.1. The van der Waals surface area contributed by atoms with Crippen LogP contribution in [0.2, 0.25) is 5.02 Å². The van der Waals surface area contributed by atoms with Gasteiger partial charge in [-0.3, -0.25) is 0 Å². The number of hydrogen-bond donors (Lipinski definition) is 1. The Morgan fingerprint density at radius 1 is 1.31 bits per heavy atom. The van der Waals surface area contributed by atoms with Crippen molar-refractivity contribution in [3.05, 3.63) is 76.2 Å². The number of rotatable bonds is 4. The third-order valence-electron chi connectivity index (χ3n) is 3.68. The molecule has 0 aliphatic rings. The van der Waals surface area contributed by atoms with Crippen LogP contribution in [0.5, 0.6) is 0 Å². The van der Waals surface area contributed by atoms with Gasteiger partial charge in [-0.1, -0.05) is 17.7 Å². The van der Waals surface area contributed by atoms with Crippen molar-refractivity contribution in [3.8, 4) is 11.8 Å². The molecule has 2 aromatic carbocycles. The summed E-state index contributed by atoms with van der Waals surface area (Å²) in [6.07, 6.45) is 1.36. The van der Waals surface area contributed by atoms with E-state index < -0.39 is 11.8 Å². The molecule has 6 nitrogen and oxygen atoms in total. The number of nitriles is 1. The number of hydrogen-bond acceptors (Lipinski definition) is 5. The summed E-state index contributed by atoms with van der Waals surface area (Å²) in [5.41, 5.74) is 7.05. The number of nitrogen functional groups attached to an aromatic ring is 1. The van der Waals surface area contributed by atoms with E-state index in [1.165, 1.54) is 41.2 Å². The van der Waals surface area contributed by atoms with Gasteiger partial charge >= 0.3 is 5.97 Å². The van der Waals surface area contributed by atoms with Gasteiger partial charge in [0.1, 0.15) is 29.9 Å². The van der Waals surface area contributed by atoms with Crippen LogP contribution in [0.15, 0.2) is 48.7 Å². The Bertz CT molecular complexity index is 989. The highest BCUT2D eigenvalue weighted by Crippen LogP contribution is 2.21. The molecule has 0 aliphatic carbocycles. The molecular weight excluding hydrogens is 359 g/mol. The first kappa shape index (κ1) is 17.5. The van der Waals surface area contributed by atoms with Gasteiger partial charge in [0.15, 0.2) is 0 Å². The largest absolute Gasteiger partial charge is 0.457 e. The number of aromatic nitrogens is 2. The van der Waals surface area contributed by atoms with Crippen LogP contribution < -0.4 is 5.73 Å². The first-order chi connectivity index (χ1) is 12.5. The molecule has 1 heterocycles. The Kier molecular flexibility index (Phi) is 4.87. The SMILES string of the molecule is N#Cc1cnn(-c2ccc(C(=O)OCc3c(F)cccc3Cl)cc2)c1N. The summed E-state index contributed by atoms with van der Waals surface area (Å²) in [5, 5.41) is 13.1. The third kappa shape index (κ3) is 3.36. The van der Waals surface area contributed by atoms with Gasteiger partial charge in [-0.2, -0.15) is 10.4 Å². The van der Waals surface area contributed by atoms with Crippen LogP contribution in [0, 0.1) is 17.1 Å². The van der Waals surface area contributed by atoms with Gasteiger partial charge in [0, 0.05) is 5.56 Å². The molecule has 0 amide bonds. The predicted octanol–water partition coefficient (Wildman–Crippen LogP) is 3.48. The molecule has 0 fully saturated rings. The van der Waals surface area contributed by atoms with Crippen molar-refractivity contribution in [2.24, 2.45) is 0 Å². The first-order valence-corrected chi connectivity index (χ1v) is 7.83. The Balaban J connectivity index is 1.73. The van der Waals surface area contributed by atoms with E-state index in [0.29, 0.717) is 5.69 Å². The number of carbonyl (C=O) groups excluding carboxylic acids is 1. The molecule has 3 aromatic rings. The van der Waals surface area contributed by atoms with E-state index in [1.807, 2.05) is 6.07 Å². The van der Waals surface area contributed by atoms with Gasteiger partial charge in [-0.05, 0) is 36.4 Å². The Morgan fingerprint density at radius 2 is 2.04 bits per heavy atom. The van der Waals surface area contributed by atoms with E-state index in [1.54, 1.807) is 12.1 Å². The van der Waals surface area contributed by atoms with Crippen molar-refractivity contribution >= 4 is 23.4 Å². The maximum atomic E-state index is 13.7. The lowest BCUT2D eigenvalue weighted by Crippen LogP contribution is -2.07. The Labute approximate surface area is 153 Å². The Hall–Kier alpha value is -3.37. The molecule has 26 heavy (non-hydrogen) atoms. The van der Waals surface area contributed by atoms with Crippen molar-refractivity contribution in [3.63, 3.8) is 0 Å². The summed E-state index contributed by atoms with van der Waals surface area (Å²) >= 11 is 5.90. The van der Waals surface area contributed by atoms with Crippen molar-refractivity contribution < 1.29 is 13.9 Å². The smallest absolute Gasteiger partial charge is 0.338 e. The number of nitrogens with zero attached hydrogens (tertiary/aromatic N) is 3. The fourth-order valence-corrected chi connectivity index (χ4v) is 2.50. The molecule has 0 saturated carbocycles. The van der Waals surface area contributed by atoms with Crippen molar-refractivity contribution in [2.45, 2.75) is 6.61 Å². The number of carbonyl (C=O) groups is 1. The lowest BCUT2D eigenvalue weighted by molar-refractivity contribution is 0.0469. The lowest BCUT2D eigenvalue weighted by Gasteiger charge is -2.08. The van der Waals surface area contributed by atoms with Crippen LogP contribution in [-0.2, 0) is 11.3 Å². The van der Waals surface area contributed by atoms with E-state index in [2.05, 4.69) is 5.10 Å². The van der Waals surface area contributed by atoms with Gasteiger partial charge in [0.25, 0.3) is 0 Å². The zero-order valence-electron chi connectivity index (χ0n) is 13.3. The molecule has 130 valence electrons. The number of ether oxygens (including phenoxy) is 1. The van der Waals surface area contributed by atoms with Crippen LogP contribution >= 0.6 is 11.6 Å². The number of benzene rings is 2. The predicted molar refractivity (Wildman–Crippen MR) is 93.2 cm³/mol. The summed E-state index contributed by atoms with van der Waals surface area (Å²) in [7, 11) is 0. The molecule has 0 atom stereocenters. The van der Waals surface area contributed by atoms with Crippen molar-refractivity contribution in [1.29, 1.82) is 5.26 Å². The summed E-state index contributed by atoms with van der Waals surface area (Å²) in [6.45, 7) is -0.274. The minimum absolute atomic E-state index is 0.118. The van der Waals surface area contributed by atoms with E-state index >= 15 is 0 Å². The molecule has 0 saturated heterocycles. The topological polar surface area (TPSA) is 93.9 Å². The zero-order chi connectivity index (χ0) is 18.7. The lowest BCUT2D eigenvalue weighted by atomic mass is 10.2. The fourth-order valence-electron chi connectivity index (χ4n) is 2.28. The van der Waals surface area contributed by atoms with Gasteiger partial charge in [0.05, 0.1) is 22.5 Å². The summed E-state index contributed by atoms with van der Waals surface area (Å²) in [6, 6.07) is 12.4. The van der Waals surface area contributed by atoms with E-state index in [-0.39, 0.29) is 34.1 Å². The highest BCUT2D eigenvalue weighted by molar-refractivity contribution is 6.31. The van der Waals surface area contributed by atoms with Gasteiger partial charge in [0.2, 0.25) is 0 Å². The van der Waals surface area contributed by atoms with E-state index in [0.717, 1.165) is 0 Å². The Morgan fingerprint density at radius 3 is 2.65 bits per heavy atom. The summed E-state index contributed by atoms with van der Waals surface area (Å²) in [4.78, 5) is 12.1. The molecule has 0 radical (unpaired) electrons. The minimum Gasteiger partial charge on any atom is -0.457 e.